The van der Waals surface area contributed by atoms with Crippen molar-refractivity contribution < 1.29 is 5.11 Å². The lowest BCUT2D eigenvalue weighted by Gasteiger charge is -2.29. The van der Waals surface area contributed by atoms with Crippen molar-refractivity contribution in [3.63, 3.8) is 0 Å². The highest BCUT2D eigenvalue weighted by Crippen LogP contribution is 2.27. The molecule has 0 aliphatic heterocycles. The Morgan fingerprint density at radius 3 is 3.00 bits per heavy atom. The van der Waals surface area contributed by atoms with E-state index in [0.29, 0.717) is 17.5 Å². The first-order chi connectivity index (χ1) is 8.72. The molecule has 2 unspecified atom stereocenters. The number of aliphatic hydroxyl groups is 1. The Kier molecular flexibility index (Phi) is 4.22. The van der Waals surface area contributed by atoms with Crippen molar-refractivity contribution in [3.8, 4) is 6.07 Å². The van der Waals surface area contributed by atoms with Gasteiger partial charge in [0.1, 0.15) is 6.07 Å². The van der Waals surface area contributed by atoms with Crippen LogP contribution in [0.3, 0.4) is 0 Å². The van der Waals surface area contributed by atoms with Gasteiger partial charge in [-0.05, 0) is 49.8 Å². The number of nitrogens with one attached hydrogen (secondary N) is 1. The Bertz CT molecular complexity index is 450. The van der Waals surface area contributed by atoms with Crippen molar-refractivity contribution in [1.29, 1.82) is 5.26 Å². The highest BCUT2D eigenvalue weighted by Gasteiger charge is 2.21. The molecule has 1 aromatic rings. The first-order valence-electron chi connectivity index (χ1n) is 6.61. The number of aryl methyl sites for hydroxylation is 1. The van der Waals surface area contributed by atoms with Crippen LogP contribution in [0.4, 0.5) is 5.69 Å². The molecule has 96 valence electrons. The van der Waals surface area contributed by atoms with Gasteiger partial charge in [0.15, 0.2) is 0 Å². The third kappa shape index (κ3) is 3.02. The zero-order chi connectivity index (χ0) is 13.0. The van der Waals surface area contributed by atoms with E-state index in [1.807, 2.05) is 25.1 Å². The third-order valence-electron chi connectivity index (χ3n) is 3.70. The van der Waals surface area contributed by atoms with Gasteiger partial charge in [-0.2, -0.15) is 5.26 Å². The SMILES string of the molecule is Cc1ccc(NC2CCCC(CO)C2)c(C#N)c1. The van der Waals surface area contributed by atoms with Crippen LogP contribution in [0.5, 0.6) is 0 Å². The van der Waals surface area contributed by atoms with Crippen LogP contribution in [0.25, 0.3) is 0 Å². The molecule has 2 N–H and O–H groups in total. The molecule has 1 fully saturated rings. The first-order valence-corrected chi connectivity index (χ1v) is 6.61. The van der Waals surface area contributed by atoms with E-state index in [2.05, 4.69) is 11.4 Å². The number of nitrogens with zero attached hydrogens (tertiary/aromatic N) is 1. The number of hydrogen-bond donors (Lipinski definition) is 2. The van der Waals surface area contributed by atoms with E-state index >= 15 is 0 Å². The number of aliphatic hydroxyl groups excluding tert-OH is 1. The summed E-state index contributed by atoms with van der Waals surface area (Å²) in [6, 6.07) is 8.54. The Labute approximate surface area is 108 Å². The molecule has 3 nitrogen and oxygen atoms in total. The predicted molar refractivity (Wildman–Crippen MR) is 72.3 cm³/mol. The summed E-state index contributed by atoms with van der Waals surface area (Å²) in [7, 11) is 0. The second kappa shape index (κ2) is 5.88. The highest BCUT2D eigenvalue weighted by molar-refractivity contribution is 5.59. The van der Waals surface area contributed by atoms with Crippen LogP contribution in [0, 0.1) is 24.2 Å². The summed E-state index contributed by atoms with van der Waals surface area (Å²) in [5, 5.41) is 21.8. The van der Waals surface area contributed by atoms with Gasteiger partial charge in [0.25, 0.3) is 0 Å². The van der Waals surface area contributed by atoms with E-state index in [0.717, 1.165) is 36.9 Å². The maximum Gasteiger partial charge on any atom is 0.101 e. The van der Waals surface area contributed by atoms with Crippen LogP contribution >= 0.6 is 0 Å². The minimum Gasteiger partial charge on any atom is -0.396 e. The standard InChI is InChI=1S/C15H20N2O/c1-11-5-6-15(13(7-11)9-16)17-14-4-2-3-12(8-14)10-18/h5-7,12,14,17-18H,2-4,8,10H2,1H3. The summed E-state index contributed by atoms with van der Waals surface area (Å²) in [5.41, 5.74) is 2.74. The Hall–Kier alpha value is -1.53. The van der Waals surface area contributed by atoms with Crippen LogP contribution < -0.4 is 5.32 Å². The molecule has 1 aliphatic rings. The quantitative estimate of drug-likeness (QED) is 0.859. The second-order valence-corrected chi connectivity index (χ2v) is 5.22. The van der Waals surface area contributed by atoms with Crippen LogP contribution in [0.2, 0.25) is 0 Å². The van der Waals surface area contributed by atoms with E-state index < -0.39 is 0 Å². The number of rotatable bonds is 3. The van der Waals surface area contributed by atoms with Crippen molar-refractivity contribution in [2.45, 2.75) is 38.6 Å². The van der Waals surface area contributed by atoms with E-state index in [1.54, 1.807) is 0 Å². The smallest absolute Gasteiger partial charge is 0.101 e. The largest absolute Gasteiger partial charge is 0.396 e. The highest BCUT2D eigenvalue weighted by atomic mass is 16.3. The van der Waals surface area contributed by atoms with E-state index in [4.69, 9.17) is 5.26 Å². The molecule has 0 aromatic heterocycles. The first kappa shape index (κ1) is 12.9. The average molecular weight is 244 g/mol. The monoisotopic (exact) mass is 244 g/mol. The van der Waals surface area contributed by atoms with Gasteiger partial charge in [-0.1, -0.05) is 12.5 Å². The lowest BCUT2D eigenvalue weighted by atomic mass is 9.86. The maximum atomic E-state index is 9.23. The van der Waals surface area contributed by atoms with E-state index in [-0.39, 0.29) is 6.61 Å². The van der Waals surface area contributed by atoms with E-state index in [1.165, 1.54) is 0 Å². The van der Waals surface area contributed by atoms with Crippen LogP contribution in [0.1, 0.15) is 36.8 Å². The molecule has 1 aromatic carbocycles. The van der Waals surface area contributed by atoms with Gasteiger partial charge in [-0.15, -0.1) is 0 Å². The Balaban J connectivity index is 2.07. The van der Waals surface area contributed by atoms with Gasteiger partial charge in [-0.3, -0.25) is 0 Å². The molecule has 0 amide bonds. The summed E-state index contributed by atoms with van der Waals surface area (Å²) in [4.78, 5) is 0. The van der Waals surface area contributed by atoms with Gasteiger partial charge < -0.3 is 10.4 Å². The molecular weight excluding hydrogens is 224 g/mol. The fourth-order valence-electron chi connectivity index (χ4n) is 2.68. The average Bonchev–Trinajstić information content (AvgIpc) is 2.41. The molecule has 3 heteroatoms. The van der Waals surface area contributed by atoms with Crippen molar-refractivity contribution in [1.82, 2.24) is 0 Å². The fourth-order valence-corrected chi connectivity index (χ4v) is 2.68. The van der Waals surface area contributed by atoms with Gasteiger partial charge in [0.05, 0.1) is 11.3 Å². The lowest BCUT2D eigenvalue weighted by Crippen LogP contribution is -2.29. The maximum absolute atomic E-state index is 9.23. The number of nitriles is 1. The normalized spacial score (nSPS) is 23.4. The number of hydrogen-bond acceptors (Lipinski definition) is 3. The Morgan fingerprint density at radius 2 is 2.28 bits per heavy atom. The Morgan fingerprint density at radius 1 is 1.44 bits per heavy atom. The predicted octanol–water partition coefficient (Wildman–Crippen LogP) is 2.83. The summed E-state index contributed by atoms with van der Waals surface area (Å²) in [6.07, 6.45) is 4.38. The number of benzene rings is 1. The fraction of sp³-hybridized carbons (Fsp3) is 0.533. The minimum absolute atomic E-state index is 0.275. The van der Waals surface area contributed by atoms with Crippen LogP contribution in [-0.4, -0.2) is 17.8 Å². The molecular formula is C15H20N2O. The molecule has 2 atom stereocenters. The molecule has 1 saturated carbocycles. The lowest BCUT2D eigenvalue weighted by molar-refractivity contribution is 0.184. The molecule has 0 bridgehead atoms. The molecule has 18 heavy (non-hydrogen) atoms. The van der Waals surface area contributed by atoms with Gasteiger partial charge in [-0.25, -0.2) is 0 Å². The molecule has 0 radical (unpaired) electrons. The summed E-state index contributed by atoms with van der Waals surface area (Å²) < 4.78 is 0. The molecule has 2 rings (SSSR count). The van der Waals surface area contributed by atoms with Gasteiger partial charge in [0, 0.05) is 12.6 Å². The zero-order valence-electron chi connectivity index (χ0n) is 10.8. The summed E-state index contributed by atoms with van der Waals surface area (Å²) in [5.74, 6) is 0.409. The molecule has 0 heterocycles. The third-order valence-corrected chi connectivity index (χ3v) is 3.70. The summed E-state index contributed by atoms with van der Waals surface area (Å²) in [6.45, 7) is 2.27. The number of anilines is 1. The van der Waals surface area contributed by atoms with Crippen LogP contribution in [0.15, 0.2) is 18.2 Å². The van der Waals surface area contributed by atoms with Crippen molar-refractivity contribution >= 4 is 5.69 Å². The van der Waals surface area contributed by atoms with Crippen LogP contribution in [-0.2, 0) is 0 Å². The molecule has 0 saturated heterocycles. The van der Waals surface area contributed by atoms with Crippen molar-refractivity contribution in [2.24, 2.45) is 5.92 Å². The minimum atomic E-state index is 0.275. The summed E-state index contributed by atoms with van der Waals surface area (Å²) >= 11 is 0. The van der Waals surface area contributed by atoms with Crippen molar-refractivity contribution in [3.05, 3.63) is 29.3 Å². The topological polar surface area (TPSA) is 56.0 Å². The molecule has 1 aliphatic carbocycles. The molecule has 0 spiro atoms. The second-order valence-electron chi connectivity index (χ2n) is 5.22. The van der Waals surface area contributed by atoms with Crippen molar-refractivity contribution in [2.75, 3.05) is 11.9 Å². The van der Waals surface area contributed by atoms with Gasteiger partial charge in [0.2, 0.25) is 0 Å². The zero-order valence-corrected chi connectivity index (χ0v) is 10.8. The van der Waals surface area contributed by atoms with E-state index in [9.17, 15) is 5.11 Å². The van der Waals surface area contributed by atoms with Gasteiger partial charge >= 0.3 is 0 Å².